The van der Waals surface area contributed by atoms with Crippen molar-refractivity contribution in [2.75, 3.05) is 13.2 Å². The van der Waals surface area contributed by atoms with Gasteiger partial charge in [-0.2, -0.15) is 0 Å². The molecule has 1 heterocycles. The van der Waals surface area contributed by atoms with E-state index in [9.17, 15) is 15.3 Å². The zero-order valence-electron chi connectivity index (χ0n) is 18.4. The lowest BCUT2D eigenvalue weighted by atomic mass is 9.94. The zero-order valence-corrected chi connectivity index (χ0v) is 18.4. The lowest BCUT2D eigenvalue weighted by Crippen LogP contribution is -2.35. The third-order valence-electron chi connectivity index (χ3n) is 5.93. The number of rotatable bonds is 18. The van der Waals surface area contributed by atoms with E-state index in [-0.39, 0.29) is 6.61 Å². The van der Waals surface area contributed by atoms with Gasteiger partial charge >= 0.3 is 0 Å². The third-order valence-corrected chi connectivity index (χ3v) is 5.93. The molecule has 0 bridgehead atoms. The molecule has 0 aromatic carbocycles. The predicted octanol–water partition coefficient (Wildman–Crippen LogP) is 4.56. The summed E-state index contributed by atoms with van der Waals surface area (Å²) < 4.78 is 11.3. The quantitative estimate of drug-likeness (QED) is 0.293. The van der Waals surface area contributed by atoms with Crippen molar-refractivity contribution >= 4 is 0 Å². The van der Waals surface area contributed by atoms with E-state index in [1.807, 2.05) is 0 Å². The Bertz CT molecular complexity index is 336. The lowest BCUT2D eigenvalue weighted by Gasteiger charge is -2.21. The second-order valence-electron chi connectivity index (χ2n) is 8.52. The normalized spacial score (nSPS) is 25.1. The van der Waals surface area contributed by atoms with E-state index in [1.165, 1.54) is 77.0 Å². The van der Waals surface area contributed by atoms with Gasteiger partial charge in [-0.25, -0.2) is 0 Å². The standard InChI is InChI=1S/C23H46O5/c1-3-5-7-9-11-13-15-19(16-14-12-10-8-6-4-2)18-27-23-22(26)21(25)20(17-24)28-23/h19-26H,3-18H2,1-2H3/t20-,21+,22-,23?/m1/s1. The van der Waals surface area contributed by atoms with E-state index in [4.69, 9.17) is 9.47 Å². The highest BCUT2D eigenvalue weighted by atomic mass is 16.7. The minimum absolute atomic E-state index is 0.308. The number of aliphatic hydroxyl groups is 3. The predicted molar refractivity (Wildman–Crippen MR) is 113 cm³/mol. The Morgan fingerprint density at radius 1 is 0.750 bits per heavy atom. The van der Waals surface area contributed by atoms with E-state index in [1.54, 1.807) is 0 Å². The summed E-state index contributed by atoms with van der Waals surface area (Å²) in [4.78, 5) is 0. The van der Waals surface area contributed by atoms with Crippen molar-refractivity contribution in [3.63, 3.8) is 0 Å². The highest BCUT2D eigenvalue weighted by molar-refractivity contribution is 4.86. The topological polar surface area (TPSA) is 79.2 Å². The van der Waals surface area contributed by atoms with Crippen molar-refractivity contribution in [1.82, 2.24) is 0 Å². The maximum Gasteiger partial charge on any atom is 0.186 e. The highest BCUT2D eigenvalue weighted by Gasteiger charge is 2.43. The first-order valence-electron chi connectivity index (χ1n) is 11.9. The summed E-state index contributed by atoms with van der Waals surface area (Å²) in [6.07, 6.45) is 14.1. The van der Waals surface area contributed by atoms with Gasteiger partial charge in [-0.15, -0.1) is 0 Å². The number of aliphatic hydroxyl groups excluding tert-OH is 3. The fourth-order valence-corrected chi connectivity index (χ4v) is 3.97. The summed E-state index contributed by atoms with van der Waals surface area (Å²) in [5, 5.41) is 29.1. The van der Waals surface area contributed by atoms with E-state index in [0.29, 0.717) is 12.5 Å². The molecule has 0 amide bonds. The summed E-state index contributed by atoms with van der Waals surface area (Å²) >= 11 is 0. The van der Waals surface area contributed by atoms with Crippen LogP contribution in [0.4, 0.5) is 0 Å². The first kappa shape index (κ1) is 25.8. The molecule has 5 nitrogen and oxygen atoms in total. The van der Waals surface area contributed by atoms with Gasteiger partial charge in [0.25, 0.3) is 0 Å². The smallest absolute Gasteiger partial charge is 0.186 e. The maximum atomic E-state index is 10.1. The Balaban J connectivity index is 2.32. The molecule has 1 fully saturated rings. The molecule has 0 radical (unpaired) electrons. The molecule has 1 rings (SSSR count). The molecule has 3 N–H and O–H groups in total. The Hall–Kier alpha value is -0.200. The minimum atomic E-state index is -1.08. The van der Waals surface area contributed by atoms with Crippen molar-refractivity contribution < 1.29 is 24.8 Å². The van der Waals surface area contributed by atoms with Crippen LogP contribution in [0.1, 0.15) is 104 Å². The van der Waals surface area contributed by atoms with Gasteiger partial charge in [-0.3, -0.25) is 0 Å². The summed E-state index contributed by atoms with van der Waals surface area (Å²) in [6.45, 7) is 4.73. The lowest BCUT2D eigenvalue weighted by molar-refractivity contribution is -0.176. The summed E-state index contributed by atoms with van der Waals surface area (Å²) in [7, 11) is 0. The molecule has 0 aromatic rings. The first-order chi connectivity index (χ1) is 13.6. The monoisotopic (exact) mass is 402 g/mol. The summed E-state index contributed by atoms with van der Waals surface area (Å²) in [5.74, 6) is 0.471. The van der Waals surface area contributed by atoms with Crippen molar-refractivity contribution in [2.45, 2.75) is 128 Å². The summed E-state index contributed by atoms with van der Waals surface area (Å²) in [6, 6.07) is 0. The third kappa shape index (κ3) is 10.5. The number of unbranched alkanes of at least 4 members (excludes halogenated alkanes) is 10. The fourth-order valence-electron chi connectivity index (χ4n) is 3.97. The highest BCUT2D eigenvalue weighted by Crippen LogP contribution is 2.25. The Morgan fingerprint density at radius 2 is 1.25 bits per heavy atom. The van der Waals surface area contributed by atoms with Crippen LogP contribution in [-0.2, 0) is 9.47 Å². The Morgan fingerprint density at radius 3 is 1.71 bits per heavy atom. The zero-order chi connectivity index (χ0) is 20.6. The van der Waals surface area contributed by atoms with Crippen LogP contribution in [0.2, 0.25) is 0 Å². The minimum Gasteiger partial charge on any atom is -0.394 e. The number of hydrogen-bond donors (Lipinski definition) is 3. The van der Waals surface area contributed by atoms with Crippen LogP contribution in [0.3, 0.4) is 0 Å². The number of ether oxygens (including phenoxy) is 2. The van der Waals surface area contributed by atoms with E-state index >= 15 is 0 Å². The molecular formula is C23H46O5. The van der Waals surface area contributed by atoms with Crippen LogP contribution in [0.25, 0.3) is 0 Å². The fraction of sp³-hybridized carbons (Fsp3) is 1.00. The van der Waals surface area contributed by atoms with Gasteiger partial charge in [-0.1, -0.05) is 90.9 Å². The SMILES string of the molecule is CCCCCCCCC(CCCCCCCC)COC1O[C@H](CO)[C@H](O)[C@H]1O. The second kappa shape index (κ2) is 16.6. The van der Waals surface area contributed by atoms with Crippen molar-refractivity contribution in [1.29, 1.82) is 0 Å². The van der Waals surface area contributed by atoms with Gasteiger partial charge in [0.15, 0.2) is 6.29 Å². The molecule has 168 valence electrons. The van der Waals surface area contributed by atoms with Gasteiger partial charge in [-0.05, 0) is 18.8 Å². The molecule has 1 aliphatic rings. The van der Waals surface area contributed by atoms with Crippen LogP contribution in [0.5, 0.6) is 0 Å². The molecule has 4 atom stereocenters. The van der Waals surface area contributed by atoms with E-state index < -0.39 is 24.6 Å². The van der Waals surface area contributed by atoms with Crippen LogP contribution < -0.4 is 0 Å². The molecule has 5 heteroatoms. The second-order valence-corrected chi connectivity index (χ2v) is 8.52. The summed E-state index contributed by atoms with van der Waals surface area (Å²) in [5.41, 5.74) is 0. The molecule has 0 aromatic heterocycles. The average molecular weight is 403 g/mol. The van der Waals surface area contributed by atoms with Gasteiger partial charge in [0.1, 0.15) is 18.3 Å². The van der Waals surface area contributed by atoms with Crippen molar-refractivity contribution in [3.8, 4) is 0 Å². The molecule has 1 unspecified atom stereocenters. The van der Waals surface area contributed by atoms with Gasteiger partial charge in [0.2, 0.25) is 0 Å². The van der Waals surface area contributed by atoms with Crippen LogP contribution in [0, 0.1) is 5.92 Å². The molecule has 1 aliphatic heterocycles. The van der Waals surface area contributed by atoms with Crippen molar-refractivity contribution in [2.24, 2.45) is 5.92 Å². The first-order valence-corrected chi connectivity index (χ1v) is 11.9. The van der Waals surface area contributed by atoms with Gasteiger partial charge in [0.05, 0.1) is 13.2 Å². The average Bonchev–Trinajstić information content (AvgIpc) is 2.98. The molecule has 0 aliphatic carbocycles. The molecule has 1 saturated heterocycles. The van der Waals surface area contributed by atoms with Crippen LogP contribution >= 0.6 is 0 Å². The van der Waals surface area contributed by atoms with Gasteiger partial charge in [0, 0.05) is 0 Å². The Kier molecular flexibility index (Phi) is 15.3. The molecule has 0 saturated carbocycles. The Labute approximate surface area is 172 Å². The van der Waals surface area contributed by atoms with Crippen LogP contribution in [0.15, 0.2) is 0 Å². The maximum absolute atomic E-state index is 10.1. The van der Waals surface area contributed by atoms with Crippen LogP contribution in [-0.4, -0.2) is 53.1 Å². The van der Waals surface area contributed by atoms with Gasteiger partial charge < -0.3 is 24.8 Å². The number of hydrogen-bond acceptors (Lipinski definition) is 5. The molecule has 0 spiro atoms. The van der Waals surface area contributed by atoms with E-state index in [2.05, 4.69) is 13.8 Å². The van der Waals surface area contributed by atoms with Crippen molar-refractivity contribution in [3.05, 3.63) is 0 Å². The molecule has 28 heavy (non-hydrogen) atoms. The van der Waals surface area contributed by atoms with E-state index in [0.717, 1.165) is 12.8 Å². The largest absolute Gasteiger partial charge is 0.394 e. The molecular weight excluding hydrogens is 356 g/mol.